The van der Waals surface area contributed by atoms with Crippen LogP contribution >= 0.6 is 24.0 Å². The van der Waals surface area contributed by atoms with Gasteiger partial charge in [0.25, 0.3) is 0 Å². The maximum atomic E-state index is 11.2. The van der Waals surface area contributed by atoms with Gasteiger partial charge in [0.2, 0.25) is 10.0 Å². The Bertz CT molecular complexity index is 654. The third-order valence-electron chi connectivity index (χ3n) is 3.61. The van der Waals surface area contributed by atoms with E-state index in [0.29, 0.717) is 30.5 Å². The molecule has 27 heavy (non-hydrogen) atoms. The van der Waals surface area contributed by atoms with E-state index in [0.717, 1.165) is 19.2 Å². The lowest BCUT2D eigenvalue weighted by Gasteiger charge is -2.10. The molecule has 0 atom stereocenters. The monoisotopic (exact) mass is 512 g/mol. The molecule has 0 aliphatic rings. The minimum absolute atomic E-state index is 0. The molecule has 7 nitrogen and oxygen atoms in total. The van der Waals surface area contributed by atoms with Gasteiger partial charge in [-0.3, -0.25) is 9.71 Å². The van der Waals surface area contributed by atoms with Crippen LogP contribution in [0.3, 0.4) is 0 Å². The van der Waals surface area contributed by atoms with Gasteiger partial charge in [0.15, 0.2) is 5.96 Å². The van der Waals surface area contributed by atoms with Crippen molar-refractivity contribution < 1.29 is 13.2 Å². The quantitative estimate of drug-likeness (QED) is 0.163. The second-order valence-electron chi connectivity index (χ2n) is 6.21. The van der Waals surface area contributed by atoms with Crippen molar-refractivity contribution in [3.63, 3.8) is 0 Å². The fourth-order valence-electron chi connectivity index (χ4n) is 2.36. The minimum atomic E-state index is -3.30. The molecule has 9 heteroatoms. The number of halogens is 1. The van der Waals surface area contributed by atoms with Crippen molar-refractivity contribution in [1.82, 2.24) is 5.32 Å². The van der Waals surface area contributed by atoms with E-state index in [4.69, 9.17) is 10.5 Å². The highest BCUT2D eigenvalue weighted by molar-refractivity contribution is 14.0. The largest absolute Gasteiger partial charge is 0.492 e. The maximum Gasteiger partial charge on any atom is 0.229 e. The second-order valence-corrected chi connectivity index (χ2v) is 7.96. The van der Waals surface area contributed by atoms with Crippen molar-refractivity contribution in [3.05, 3.63) is 24.3 Å². The molecule has 4 N–H and O–H groups in total. The van der Waals surface area contributed by atoms with Crippen LogP contribution in [0, 0.1) is 0 Å². The van der Waals surface area contributed by atoms with E-state index in [1.165, 1.54) is 32.1 Å². The van der Waals surface area contributed by atoms with Crippen LogP contribution < -0.4 is 20.5 Å². The number of nitrogens with two attached hydrogens (primary N) is 1. The van der Waals surface area contributed by atoms with Crippen LogP contribution in [0.4, 0.5) is 5.69 Å². The van der Waals surface area contributed by atoms with Crippen molar-refractivity contribution >= 4 is 45.6 Å². The van der Waals surface area contributed by atoms with Crippen molar-refractivity contribution in [2.75, 3.05) is 30.7 Å². The summed E-state index contributed by atoms with van der Waals surface area (Å²) in [7, 11) is -3.30. The van der Waals surface area contributed by atoms with Crippen molar-refractivity contribution in [3.8, 4) is 5.75 Å². The molecular weight excluding hydrogens is 479 g/mol. The van der Waals surface area contributed by atoms with Gasteiger partial charge in [-0.05, 0) is 18.6 Å². The third-order valence-corrected chi connectivity index (χ3v) is 4.21. The fraction of sp³-hybridized carbons (Fsp3) is 0.611. The normalized spacial score (nSPS) is 11.6. The molecule has 0 unspecified atom stereocenters. The van der Waals surface area contributed by atoms with Crippen LogP contribution in [0.5, 0.6) is 5.75 Å². The number of hydrogen-bond acceptors (Lipinski definition) is 4. The van der Waals surface area contributed by atoms with E-state index in [9.17, 15) is 8.42 Å². The van der Waals surface area contributed by atoms with Gasteiger partial charge in [0.05, 0.1) is 18.5 Å². The maximum absolute atomic E-state index is 11.2. The number of guanidine groups is 1. The predicted molar refractivity (Wildman–Crippen MR) is 124 cm³/mol. The lowest BCUT2D eigenvalue weighted by Crippen LogP contribution is -2.34. The Morgan fingerprint density at radius 1 is 1.19 bits per heavy atom. The molecule has 0 spiro atoms. The highest BCUT2D eigenvalue weighted by Crippen LogP contribution is 2.17. The van der Waals surface area contributed by atoms with Crippen LogP contribution in [0.1, 0.15) is 45.4 Å². The molecule has 1 aromatic carbocycles. The van der Waals surface area contributed by atoms with Gasteiger partial charge < -0.3 is 15.8 Å². The lowest BCUT2D eigenvalue weighted by atomic mass is 10.1. The molecule has 1 rings (SSSR count). The molecule has 0 amide bonds. The number of nitrogens with zero attached hydrogens (tertiary/aromatic N) is 1. The first-order valence-corrected chi connectivity index (χ1v) is 11.0. The first kappa shape index (κ1) is 25.8. The Morgan fingerprint density at radius 2 is 1.89 bits per heavy atom. The average Bonchev–Trinajstić information content (AvgIpc) is 2.57. The number of unbranched alkanes of at least 4 members (excludes halogenated alkanes) is 5. The van der Waals surface area contributed by atoms with Crippen LogP contribution in [0.15, 0.2) is 29.3 Å². The van der Waals surface area contributed by atoms with Gasteiger partial charge in [0, 0.05) is 12.6 Å². The highest BCUT2D eigenvalue weighted by Gasteiger charge is 2.03. The summed E-state index contributed by atoms with van der Waals surface area (Å²) in [6.45, 7) is 3.87. The molecule has 1 aromatic rings. The van der Waals surface area contributed by atoms with Gasteiger partial charge in [-0.15, -0.1) is 24.0 Å². The summed E-state index contributed by atoms with van der Waals surface area (Å²) in [4.78, 5) is 4.29. The molecule has 0 bridgehead atoms. The van der Waals surface area contributed by atoms with Gasteiger partial charge in [0.1, 0.15) is 12.4 Å². The fourth-order valence-corrected chi connectivity index (χ4v) is 2.91. The van der Waals surface area contributed by atoms with Crippen LogP contribution in [-0.2, 0) is 10.0 Å². The molecule has 0 heterocycles. The first-order chi connectivity index (χ1) is 12.4. The van der Waals surface area contributed by atoms with Gasteiger partial charge in [-0.25, -0.2) is 8.42 Å². The van der Waals surface area contributed by atoms with Crippen LogP contribution in [0.25, 0.3) is 0 Å². The Hall–Kier alpha value is -1.23. The number of benzene rings is 1. The Kier molecular flexibility index (Phi) is 14.1. The highest BCUT2D eigenvalue weighted by atomic mass is 127. The smallest absolute Gasteiger partial charge is 0.229 e. The summed E-state index contributed by atoms with van der Waals surface area (Å²) in [6, 6.07) is 6.80. The predicted octanol–water partition coefficient (Wildman–Crippen LogP) is 3.32. The van der Waals surface area contributed by atoms with E-state index in [1.54, 1.807) is 24.3 Å². The average molecular weight is 512 g/mol. The summed E-state index contributed by atoms with van der Waals surface area (Å²) in [5.41, 5.74) is 6.29. The van der Waals surface area contributed by atoms with E-state index < -0.39 is 10.0 Å². The molecule has 156 valence electrons. The number of rotatable bonds is 13. The Balaban J connectivity index is 0.00000676. The number of anilines is 1. The molecule has 0 aromatic heterocycles. The summed E-state index contributed by atoms with van der Waals surface area (Å²) in [5, 5.41) is 3.01. The number of hydrogen-bond donors (Lipinski definition) is 3. The summed E-state index contributed by atoms with van der Waals surface area (Å²) in [6.07, 6.45) is 8.48. The summed E-state index contributed by atoms with van der Waals surface area (Å²) in [5.74, 6) is 1.01. The van der Waals surface area contributed by atoms with Crippen molar-refractivity contribution in [1.29, 1.82) is 0 Å². The molecule has 0 aliphatic heterocycles. The van der Waals surface area contributed by atoms with Gasteiger partial charge in [-0.1, -0.05) is 45.1 Å². The van der Waals surface area contributed by atoms with E-state index in [2.05, 4.69) is 22.0 Å². The van der Waals surface area contributed by atoms with E-state index in [1.807, 2.05) is 0 Å². The standard InChI is InChI=1S/C18H32N4O3S.HI/c1-3-4-5-6-7-8-12-20-18(19)21-13-14-25-17-11-9-10-16(15-17)22-26(2,23)24;/h9-11,15,22H,3-8,12-14H2,1-2H3,(H3,19,20,21);1H. The molecule has 0 saturated heterocycles. The van der Waals surface area contributed by atoms with Crippen LogP contribution in [-0.4, -0.2) is 40.3 Å². The molecule has 0 radical (unpaired) electrons. The minimum Gasteiger partial charge on any atom is -0.492 e. The molecule has 0 aliphatic carbocycles. The molecule has 0 fully saturated rings. The second kappa shape index (κ2) is 14.8. The van der Waals surface area contributed by atoms with Gasteiger partial charge in [-0.2, -0.15) is 0 Å². The molecule has 0 saturated carbocycles. The van der Waals surface area contributed by atoms with Crippen molar-refractivity contribution in [2.24, 2.45) is 10.7 Å². The van der Waals surface area contributed by atoms with Gasteiger partial charge >= 0.3 is 0 Å². The zero-order chi connectivity index (χ0) is 19.3. The number of nitrogens with one attached hydrogen (secondary N) is 2. The lowest BCUT2D eigenvalue weighted by molar-refractivity contribution is 0.322. The number of ether oxygens (including phenoxy) is 1. The first-order valence-electron chi connectivity index (χ1n) is 9.15. The summed E-state index contributed by atoms with van der Waals surface area (Å²) < 4.78 is 30.5. The third kappa shape index (κ3) is 14.5. The van der Waals surface area contributed by atoms with Crippen molar-refractivity contribution in [2.45, 2.75) is 45.4 Å². The SMILES string of the molecule is CCCCCCCCN=C(N)NCCOc1cccc(NS(C)(=O)=O)c1.I. The summed E-state index contributed by atoms with van der Waals surface area (Å²) >= 11 is 0. The Morgan fingerprint density at radius 3 is 2.59 bits per heavy atom. The Labute approximate surface area is 180 Å². The van der Waals surface area contributed by atoms with Crippen LogP contribution in [0.2, 0.25) is 0 Å². The van der Waals surface area contributed by atoms with E-state index in [-0.39, 0.29) is 24.0 Å². The number of aliphatic imine (C=N–C) groups is 1. The molecular formula is C18H33IN4O3S. The topological polar surface area (TPSA) is 106 Å². The zero-order valence-electron chi connectivity index (χ0n) is 16.2. The number of sulfonamides is 1. The zero-order valence-corrected chi connectivity index (χ0v) is 19.4. The van der Waals surface area contributed by atoms with E-state index >= 15 is 0 Å².